The van der Waals surface area contributed by atoms with Crippen LogP contribution in [-0.2, 0) is 14.4 Å². The molecular formula is C11H13Cl2NO3S. The molecule has 7 heteroatoms. The number of ether oxygens (including phenoxy) is 1. The lowest BCUT2D eigenvalue weighted by atomic mass is 10.4. The fourth-order valence-corrected chi connectivity index (χ4v) is 2.30. The van der Waals surface area contributed by atoms with Crippen LogP contribution >= 0.6 is 35.0 Å². The third kappa shape index (κ3) is 5.93. The first kappa shape index (κ1) is 15.6. The Hall–Kier alpha value is -0.460. The van der Waals surface area contributed by atoms with E-state index < -0.39 is 0 Å². The molecule has 1 aromatic rings. The minimum Gasteiger partial charge on any atom is -0.382 e. The summed E-state index contributed by atoms with van der Waals surface area (Å²) < 4.78 is 4.77. The van der Waals surface area contributed by atoms with E-state index in [0.29, 0.717) is 23.3 Å². The predicted molar refractivity (Wildman–Crippen MR) is 73.2 cm³/mol. The quantitative estimate of drug-likeness (QED) is 0.478. The lowest BCUT2D eigenvalue weighted by Gasteiger charge is -2.06. The molecule has 0 heterocycles. The van der Waals surface area contributed by atoms with Gasteiger partial charge in [-0.25, -0.2) is 5.48 Å². The van der Waals surface area contributed by atoms with Crippen molar-refractivity contribution in [1.29, 1.82) is 0 Å². The maximum atomic E-state index is 11.4. The van der Waals surface area contributed by atoms with E-state index in [1.807, 2.05) is 0 Å². The smallest absolute Gasteiger partial charge is 0.253 e. The second kappa shape index (κ2) is 8.61. The molecule has 18 heavy (non-hydrogen) atoms. The van der Waals surface area contributed by atoms with E-state index in [0.717, 1.165) is 4.90 Å². The van der Waals surface area contributed by atoms with E-state index in [9.17, 15) is 4.79 Å². The van der Waals surface area contributed by atoms with Crippen LogP contribution in [0.3, 0.4) is 0 Å². The Kier molecular flexibility index (Phi) is 7.46. The fourth-order valence-electron chi connectivity index (χ4n) is 1.02. The molecule has 100 valence electrons. The average Bonchev–Trinajstić information content (AvgIpc) is 2.36. The van der Waals surface area contributed by atoms with E-state index in [4.69, 9.17) is 32.8 Å². The summed E-state index contributed by atoms with van der Waals surface area (Å²) in [6, 6.07) is 5.11. The van der Waals surface area contributed by atoms with Gasteiger partial charge in [-0.05, 0) is 18.2 Å². The van der Waals surface area contributed by atoms with E-state index in [1.165, 1.54) is 11.8 Å². The maximum Gasteiger partial charge on any atom is 0.253 e. The van der Waals surface area contributed by atoms with Crippen LogP contribution < -0.4 is 5.48 Å². The summed E-state index contributed by atoms with van der Waals surface area (Å²) >= 11 is 13.1. The number of thioether (sulfide) groups is 1. The molecule has 0 fully saturated rings. The highest BCUT2D eigenvalue weighted by Gasteiger charge is 2.06. The van der Waals surface area contributed by atoms with Gasteiger partial charge in [0.1, 0.15) is 0 Å². The summed E-state index contributed by atoms with van der Waals surface area (Å²) in [5, 5.41) is 1.15. The molecular weight excluding hydrogens is 297 g/mol. The number of hydrogen-bond acceptors (Lipinski definition) is 4. The highest BCUT2D eigenvalue weighted by Crippen LogP contribution is 2.29. The Labute approximate surface area is 120 Å². The SMILES string of the molecule is COCCONC(=O)CSc1cc(Cl)ccc1Cl. The van der Waals surface area contributed by atoms with Gasteiger partial charge < -0.3 is 4.74 Å². The first-order valence-electron chi connectivity index (χ1n) is 5.11. The predicted octanol–water partition coefficient (Wildman–Crippen LogP) is 2.78. The first-order valence-corrected chi connectivity index (χ1v) is 6.85. The lowest BCUT2D eigenvalue weighted by Crippen LogP contribution is -2.26. The van der Waals surface area contributed by atoms with E-state index in [2.05, 4.69) is 5.48 Å². The molecule has 0 aliphatic rings. The Balaban J connectivity index is 2.31. The first-order chi connectivity index (χ1) is 8.63. The largest absolute Gasteiger partial charge is 0.382 e. The number of carbonyl (C=O) groups excluding carboxylic acids is 1. The van der Waals surface area contributed by atoms with Crippen LogP contribution in [0.15, 0.2) is 23.1 Å². The molecule has 1 N–H and O–H groups in total. The van der Waals surface area contributed by atoms with Crippen molar-refractivity contribution in [3.63, 3.8) is 0 Å². The number of hydroxylamine groups is 1. The second-order valence-corrected chi connectivity index (χ2v) is 5.09. The zero-order valence-electron chi connectivity index (χ0n) is 9.74. The Morgan fingerprint density at radius 1 is 1.39 bits per heavy atom. The Morgan fingerprint density at radius 2 is 2.17 bits per heavy atom. The summed E-state index contributed by atoms with van der Waals surface area (Å²) in [5.74, 6) is -0.0420. The number of amides is 1. The van der Waals surface area contributed by atoms with Gasteiger partial charge in [0.15, 0.2) is 0 Å². The fraction of sp³-hybridized carbons (Fsp3) is 0.364. The molecule has 0 bridgehead atoms. The van der Waals surface area contributed by atoms with Crippen molar-refractivity contribution in [2.24, 2.45) is 0 Å². The second-order valence-electron chi connectivity index (χ2n) is 3.23. The van der Waals surface area contributed by atoms with Crippen LogP contribution in [0.4, 0.5) is 0 Å². The van der Waals surface area contributed by atoms with Crippen LogP contribution in [0, 0.1) is 0 Å². The summed E-state index contributed by atoms with van der Waals surface area (Å²) in [7, 11) is 1.56. The molecule has 0 aliphatic carbocycles. The van der Waals surface area contributed by atoms with E-state index >= 15 is 0 Å². The normalized spacial score (nSPS) is 10.4. The van der Waals surface area contributed by atoms with Crippen molar-refractivity contribution in [2.75, 3.05) is 26.1 Å². The van der Waals surface area contributed by atoms with Crippen LogP contribution in [0.1, 0.15) is 0 Å². The number of halogens is 2. The summed E-state index contributed by atoms with van der Waals surface area (Å²) in [6.07, 6.45) is 0. The summed E-state index contributed by atoms with van der Waals surface area (Å²) in [4.78, 5) is 17.0. The van der Waals surface area contributed by atoms with Crippen molar-refractivity contribution < 1.29 is 14.4 Å². The highest BCUT2D eigenvalue weighted by atomic mass is 35.5. The van der Waals surface area contributed by atoms with Crippen LogP contribution in [-0.4, -0.2) is 32.0 Å². The molecule has 0 unspecified atom stereocenters. The highest BCUT2D eigenvalue weighted by molar-refractivity contribution is 8.00. The molecule has 0 atom stereocenters. The standard InChI is InChI=1S/C11H13Cl2NO3S/c1-16-4-5-17-14-11(15)7-18-10-6-8(12)2-3-9(10)13/h2-3,6H,4-5,7H2,1H3,(H,14,15). The van der Waals surface area contributed by atoms with Crippen molar-refractivity contribution in [1.82, 2.24) is 5.48 Å². The molecule has 0 aromatic heterocycles. The van der Waals surface area contributed by atoms with Gasteiger partial charge >= 0.3 is 0 Å². The molecule has 4 nitrogen and oxygen atoms in total. The topological polar surface area (TPSA) is 47.6 Å². The van der Waals surface area contributed by atoms with Crippen molar-refractivity contribution in [3.8, 4) is 0 Å². The molecule has 0 radical (unpaired) electrons. The third-order valence-electron chi connectivity index (χ3n) is 1.83. The van der Waals surface area contributed by atoms with Gasteiger partial charge in [0.05, 0.1) is 24.0 Å². The summed E-state index contributed by atoms with van der Waals surface area (Å²) in [5.41, 5.74) is 2.31. The average molecular weight is 310 g/mol. The Morgan fingerprint density at radius 3 is 2.89 bits per heavy atom. The summed E-state index contributed by atoms with van der Waals surface area (Å²) in [6.45, 7) is 0.734. The van der Waals surface area contributed by atoms with Gasteiger partial charge in [-0.1, -0.05) is 23.2 Å². The molecule has 0 saturated heterocycles. The number of hydrogen-bond donors (Lipinski definition) is 1. The number of nitrogens with one attached hydrogen (secondary N) is 1. The van der Waals surface area contributed by atoms with Crippen molar-refractivity contribution >= 4 is 40.9 Å². The van der Waals surface area contributed by atoms with Gasteiger partial charge in [-0.2, -0.15) is 0 Å². The molecule has 1 aromatic carbocycles. The van der Waals surface area contributed by atoms with Crippen LogP contribution in [0.2, 0.25) is 10.0 Å². The van der Waals surface area contributed by atoms with E-state index in [-0.39, 0.29) is 11.7 Å². The van der Waals surface area contributed by atoms with Crippen LogP contribution in [0.5, 0.6) is 0 Å². The zero-order chi connectivity index (χ0) is 13.4. The van der Waals surface area contributed by atoms with Crippen LogP contribution in [0.25, 0.3) is 0 Å². The lowest BCUT2D eigenvalue weighted by molar-refractivity contribution is -0.131. The number of rotatable bonds is 7. The van der Waals surface area contributed by atoms with Gasteiger partial charge in [0.2, 0.25) is 0 Å². The minimum absolute atomic E-state index is 0.201. The van der Waals surface area contributed by atoms with Gasteiger partial charge in [0.25, 0.3) is 5.91 Å². The minimum atomic E-state index is -0.243. The van der Waals surface area contributed by atoms with Gasteiger partial charge in [-0.15, -0.1) is 11.8 Å². The van der Waals surface area contributed by atoms with Gasteiger partial charge in [0, 0.05) is 17.0 Å². The van der Waals surface area contributed by atoms with Gasteiger partial charge in [-0.3, -0.25) is 9.63 Å². The Bertz CT molecular complexity index is 404. The van der Waals surface area contributed by atoms with Crippen molar-refractivity contribution in [3.05, 3.63) is 28.2 Å². The number of methoxy groups -OCH3 is 1. The number of carbonyl (C=O) groups is 1. The molecule has 0 spiro atoms. The molecule has 1 rings (SSSR count). The van der Waals surface area contributed by atoms with Crippen molar-refractivity contribution in [2.45, 2.75) is 4.90 Å². The third-order valence-corrected chi connectivity index (χ3v) is 3.56. The molecule has 1 amide bonds. The number of benzene rings is 1. The van der Waals surface area contributed by atoms with E-state index in [1.54, 1.807) is 25.3 Å². The molecule has 0 saturated carbocycles. The maximum absolute atomic E-state index is 11.4. The molecule has 0 aliphatic heterocycles. The monoisotopic (exact) mass is 309 g/mol. The zero-order valence-corrected chi connectivity index (χ0v) is 12.1.